The summed E-state index contributed by atoms with van der Waals surface area (Å²) in [5.74, 6) is -0.997. The summed E-state index contributed by atoms with van der Waals surface area (Å²) in [6.45, 7) is 6.02. The number of thiazole rings is 1. The number of aryl methyl sites for hydroxylation is 1. The number of anilines is 1. The van der Waals surface area contributed by atoms with Crippen LogP contribution in [0.2, 0.25) is 0 Å². The molecule has 0 fully saturated rings. The average Bonchev–Trinajstić information content (AvgIpc) is 3.06. The average molecular weight is 405 g/mol. The normalized spacial score (nSPS) is 10.5. The number of carbonyl (C=O) groups excluding carboxylic acids is 2. The van der Waals surface area contributed by atoms with Gasteiger partial charge in [-0.05, 0) is 26.3 Å². The second kappa shape index (κ2) is 9.93. The number of aromatic nitrogens is 1. The molecular formula is C19H23N3O5S. The molecule has 9 heteroatoms. The monoisotopic (exact) mass is 405 g/mol. The number of rotatable bonds is 9. The van der Waals surface area contributed by atoms with Crippen molar-refractivity contribution >= 4 is 34.0 Å². The van der Waals surface area contributed by atoms with Crippen LogP contribution in [0.5, 0.6) is 0 Å². The quantitative estimate of drug-likeness (QED) is 0.266. The lowest BCUT2D eigenvalue weighted by atomic mass is 10.1. The SMILES string of the molecule is CCCCCN(C(=O)c1ccccc1[N+](=O)[O-])c1nc(C)c(C(=O)OCC)s1. The van der Waals surface area contributed by atoms with E-state index in [1.165, 1.54) is 23.1 Å². The first kappa shape index (κ1) is 21.5. The van der Waals surface area contributed by atoms with E-state index in [2.05, 4.69) is 4.98 Å². The highest BCUT2D eigenvalue weighted by Crippen LogP contribution is 2.30. The molecule has 0 radical (unpaired) electrons. The Bertz CT molecular complexity index is 865. The molecule has 8 nitrogen and oxygen atoms in total. The molecule has 0 aliphatic rings. The van der Waals surface area contributed by atoms with E-state index < -0.39 is 16.8 Å². The van der Waals surface area contributed by atoms with Crippen LogP contribution in [0.1, 0.15) is 58.8 Å². The third-order valence-electron chi connectivity index (χ3n) is 4.04. The van der Waals surface area contributed by atoms with Crippen molar-refractivity contribution in [2.75, 3.05) is 18.1 Å². The standard InChI is InChI=1S/C19H23N3O5S/c1-4-6-9-12-21(17(23)14-10-7-8-11-15(14)22(25)26)19-20-13(3)16(28-19)18(24)27-5-2/h7-8,10-11H,4-6,9,12H2,1-3H3. The van der Waals surface area contributed by atoms with Gasteiger partial charge in [-0.1, -0.05) is 43.2 Å². The molecule has 1 aromatic carbocycles. The van der Waals surface area contributed by atoms with Crippen LogP contribution in [0.4, 0.5) is 10.8 Å². The number of nitro groups is 1. The molecule has 1 amide bonds. The molecule has 0 atom stereocenters. The molecule has 0 spiro atoms. The molecule has 1 aromatic heterocycles. The maximum Gasteiger partial charge on any atom is 0.350 e. The molecule has 0 unspecified atom stereocenters. The minimum absolute atomic E-state index is 0.00506. The van der Waals surface area contributed by atoms with Gasteiger partial charge in [-0.15, -0.1) is 0 Å². The topological polar surface area (TPSA) is 103 Å². The summed E-state index contributed by atoms with van der Waals surface area (Å²) in [6, 6.07) is 5.83. The highest BCUT2D eigenvalue weighted by atomic mass is 32.1. The van der Waals surface area contributed by atoms with Gasteiger partial charge in [-0.3, -0.25) is 19.8 Å². The highest BCUT2D eigenvalue weighted by molar-refractivity contribution is 7.17. The second-order valence-corrected chi connectivity index (χ2v) is 7.05. The number of carbonyl (C=O) groups is 2. The van der Waals surface area contributed by atoms with Gasteiger partial charge in [-0.2, -0.15) is 0 Å². The molecule has 0 saturated heterocycles. The van der Waals surface area contributed by atoms with Crippen molar-refractivity contribution in [1.29, 1.82) is 0 Å². The Balaban J connectivity index is 2.43. The summed E-state index contributed by atoms with van der Waals surface area (Å²) in [4.78, 5) is 42.1. The third-order valence-corrected chi connectivity index (χ3v) is 5.20. The van der Waals surface area contributed by atoms with E-state index in [-0.39, 0.29) is 17.9 Å². The lowest BCUT2D eigenvalue weighted by Crippen LogP contribution is -2.32. The highest BCUT2D eigenvalue weighted by Gasteiger charge is 2.28. The predicted octanol–water partition coefficient (Wildman–Crippen LogP) is 4.37. The lowest BCUT2D eigenvalue weighted by molar-refractivity contribution is -0.385. The van der Waals surface area contributed by atoms with Gasteiger partial charge in [-0.25, -0.2) is 9.78 Å². The van der Waals surface area contributed by atoms with Gasteiger partial charge in [0.15, 0.2) is 5.13 Å². The molecule has 150 valence electrons. The number of unbranched alkanes of at least 4 members (excludes halogenated alkanes) is 2. The smallest absolute Gasteiger partial charge is 0.350 e. The zero-order valence-corrected chi connectivity index (χ0v) is 17.0. The summed E-state index contributed by atoms with van der Waals surface area (Å²) < 4.78 is 5.03. The first-order valence-corrected chi connectivity index (χ1v) is 9.92. The zero-order valence-electron chi connectivity index (χ0n) is 16.1. The summed E-state index contributed by atoms with van der Waals surface area (Å²) >= 11 is 1.06. The maximum absolute atomic E-state index is 13.2. The molecule has 28 heavy (non-hydrogen) atoms. The molecule has 0 N–H and O–H groups in total. The fourth-order valence-electron chi connectivity index (χ4n) is 2.65. The molecular weight excluding hydrogens is 382 g/mol. The van der Waals surface area contributed by atoms with Crippen LogP contribution >= 0.6 is 11.3 Å². The molecule has 0 saturated carbocycles. The van der Waals surface area contributed by atoms with Crippen molar-refractivity contribution in [3.63, 3.8) is 0 Å². The number of hydrogen-bond acceptors (Lipinski definition) is 7. The van der Waals surface area contributed by atoms with Gasteiger partial charge < -0.3 is 4.74 Å². The van der Waals surface area contributed by atoms with Crippen LogP contribution < -0.4 is 4.90 Å². The minimum atomic E-state index is -0.575. The lowest BCUT2D eigenvalue weighted by Gasteiger charge is -2.19. The van der Waals surface area contributed by atoms with Crippen molar-refractivity contribution < 1.29 is 19.2 Å². The number of ether oxygens (including phenoxy) is 1. The summed E-state index contributed by atoms with van der Waals surface area (Å²) in [5.41, 5.74) is 0.204. The van der Waals surface area contributed by atoms with Gasteiger partial charge in [0.2, 0.25) is 0 Å². The molecule has 0 bridgehead atoms. The van der Waals surface area contributed by atoms with Crippen LogP contribution in [-0.2, 0) is 4.74 Å². The van der Waals surface area contributed by atoms with Crippen LogP contribution in [0.25, 0.3) is 0 Å². The first-order valence-electron chi connectivity index (χ1n) is 9.10. The molecule has 2 aromatic rings. The number of nitro benzene ring substituents is 1. The number of amides is 1. The maximum atomic E-state index is 13.2. The third kappa shape index (κ3) is 4.92. The minimum Gasteiger partial charge on any atom is -0.462 e. The van der Waals surface area contributed by atoms with E-state index in [1.807, 2.05) is 6.92 Å². The van der Waals surface area contributed by atoms with E-state index in [4.69, 9.17) is 4.74 Å². The van der Waals surface area contributed by atoms with Gasteiger partial charge in [0.05, 0.1) is 17.2 Å². The van der Waals surface area contributed by atoms with Gasteiger partial charge >= 0.3 is 5.97 Å². The van der Waals surface area contributed by atoms with E-state index in [9.17, 15) is 19.7 Å². The van der Waals surface area contributed by atoms with Crippen molar-refractivity contribution in [2.24, 2.45) is 0 Å². The number of benzene rings is 1. The van der Waals surface area contributed by atoms with Crippen LogP contribution in [0.15, 0.2) is 24.3 Å². The largest absolute Gasteiger partial charge is 0.462 e. The Kier molecular flexibility index (Phi) is 7.62. The van der Waals surface area contributed by atoms with Gasteiger partial charge in [0.1, 0.15) is 10.4 Å². The molecule has 0 aliphatic heterocycles. The first-order chi connectivity index (χ1) is 13.4. The Morgan fingerprint density at radius 1 is 1.25 bits per heavy atom. The number of para-hydroxylation sites is 1. The van der Waals surface area contributed by atoms with E-state index in [0.717, 1.165) is 30.6 Å². The number of nitrogens with zero attached hydrogens (tertiary/aromatic N) is 3. The Morgan fingerprint density at radius 3 is 2.61 bits per heavy atom. The molecule has 1 heterocycles. The Labute approximate surface area is 167 Å². The fraction of sp³-hybridized carbons (Fsp3) is 0.421. The van der Waals surface area contributed by atoms with Crippen LogP contribution in [0.3, 0.4) is 0 Å². The summed E-state index contributed by atoms with van der Waals surface area (Å²) in [7, 11) is 0. The van der Waals surface area contributed by atoms with Crippen molar-refractivity contribution in [3.05, 3.63) is 50.5 Å². The van der Waals surface area contributed by atoms with Crippen molar-refractivity contribution in [3.8, 4) is 0 Å². The van der Waals surface area contributed by atoms with Crippen molar-refractivity contribution in [2.45, 2.75) is 40.0 Å². The van der Waals surface area contributed by atoms with E-state index in [1.54, 1.807) is 19.9 Å². The predicted molar refractivity (Wildman–Crippen MR) is 107 cm³/mol. The zero-order chi connectivity index (χ0) is 20.7. The van der Waals surface area contributed by atoms with Crippen LogP contribution in [0, 0.1) is 17.0 Å². The van der Waals surface area contributed by atoms with Gasteiger partial charge in [0.25, 0.3) is 11.6 Å². The molecule has 2 rings (SSSR count). The summed E-state index contributed by atoms with van der Waals surface area (Å²) in [5, 5.41) is 11.7. The Hall–Kier alpha value is -2.81. The fourth-order valence-corrected chi connectivity index (χ4v) is 3.63. The number of esters is 1. The van der Waals surface area contributed by atoms with E-state index >= 15 is 0 Å². The Morgan fingerprint density at radius 2 is 1.96 bits per heavy atom. The second-order valence-electron chi connectivity index (χ2n) is 6.07. The molecule has 0 aliphatic carbocycles. The summed E-state index contributed by atoms with van der Waals surface area (Å²) in [6.07, 6.45) is 2.57. The number of hydrogen-bond donors (Lipinski definition) is 0. The van der Waals surface area contributed by atoms with Gasteiger partial charge in [0, 0.05) is 12.6 Å². The van der Waals surface area contributed by atoms with E-state index in [0.29, 0.717) is 22.2 Å². The van der Waals surface area contributed by atoms with Crippen molar-refractivity contribution in [1.82, 2.24) is 4.98 Å². The van der Waals surface area contributed by atoms with Crippen LogP contribution in [-0.4, -0.2) is 34.9 Å².